The molecule has 0 bridgehead atoms. The Morgan fingerprint density at radius 3 is 1.81 bits per heavy atom. The standard InChI is InChI=1S/C40H39N3O4S/c1-6-8-28-12-16-30(17-13-28)38-34(25-41)39(31-18-14-29(9-7-2)15-19-31)43(48(44,45)33-21-10-27(3)11-22-33)40(35(38)26-42)32-20-23-36(46-4)37(24-32)47-5/h10-24,39H,6-9H2,1-5H3. The number of benzene rings is 4. The van der Waals surface area contributed by atoms with Crippen LogP contribution in [0.3, 0.4) is 0 Å². The summed E-state index contributed by atoms with van der Waals surface area (Å²) < 4.78 is 42.4. The number of nitrogens with zero attached hydrogens (tertiary/aromatic N) is 3. The molecular formula is C40H39N3O4S. The Morgan fingerprint density at radius 2 is 1.29 bits per heavy atom. The second-order valence-electron chi connectivity index (χ2n) is 11.8. The third-order valence-electron chi connectivity index (χ3n) is 8.57. The van der Waals surface area contributed by atoms with Crippen molar-refractivity contribution in [2.24, 2.45) is 0 Å². The molecule has 0 aliphatic carbocycles. The summed E-state index contributed by atoms with van der Waals surface area (Å²) in [6.07, 6.45) is 3.68. The van der Waals surface area contributed by atoms with Crippen LogP contribution in [0, 0.1) is 29.6 Å². The van der Waals surface area contributed by atoms with Crippen molar-refractivity contribution in [3.63, 3.8) is 0 Å². The number of aryl methyl sites for hydroxylation is 3. The summed E-state index contributed by atoms with van der Waals surface area (Å²) >= 11 is 0. The van der Waals surface area contributed by atoms with Crippen molar-refractivity contribution >= 4 is 21.3 Å². The van der Waals surface area contributed by atoms with E-state index in [2.05, 4.69) is 26.0 Å². The molecule has 244 valence electrons. The first-order valence-corrected chi connectivity index (χ1v) is 17.5. The molecule has 5 rings (SSSR count). The summed E-state index contributed by atoms with van der Waals surface area (Å²) in [5, 5.41) is 21.9. The highest BCUT2D eigenvalue weighted by molar-refractivity contribution is 7.89. The fourth-order valence-electron chi connectivity index (χ4n) is 6.19. The van der Waals surface area contributed by atoms with Crippen LogP contribution in [-0.4, -0.2) is 26.9 Å². The quantitative estimate of drug-likeness (QED) is 0.160. The largest absolute Gasteiger partial charge is 0.493 e. The third kappa shape index (κ3) is 6.45. The SMILES string of the molecule is CCCc1ccc(C2=C(C#N)C(c3ccc(CCC)cc3)N(S(=O)(=O)c3ccc(C)cc3)C(c3ccc(OC)c(OC)c3)=C2C#N)cc1. The van der Waals surface area contributed by atoms with Crippen LogP contribution in [0.2, 0.25) is 0 Å². The predicted molar refractivity (Wildman–Crippen MR) is 188 cm³/mol. The predicted octanol–water partition coefficient (Wildman–Crippen LogP) is 8.58. The highest BCUT2D eigenvalue weighted by Crippen LogP contribution is 2.51. The normalized spacial score (nSPS) is 14.8. The van der Waals surface area contributed by atoms with Crippen LogP contribution in [0.5, 0.6) is 11.5 Å². The summed E-state index contributed by atoms with van der Waals surface area (Å²) in [4.78, 5) is 0.0422. The summed E-state index contributed by atoms with van der Waals surface area (Å²) in [5.74, 6) is 0.820. The smallest absolute Gasteiger partial charge is 0.265 e. The minimum Gasteiger partial charge on any atom is -0.493 e. The van der Waals surface area contributed by atoms with Crippen LogP contribution in [0.4, 0.5) is 0 Å². The van der Waals surface area contributed by atoms with Gasteiger partial charge in [0.2, 0.25) is 0 Å². The number of rotatable bonds is 11. The van der Waals surface area contributed by atoms with E-state index >= 15 is 0 Å². The summed E-state index contributed by atoms with van der Waals surface area (Å²) in [5.41, 5.74) is 5.59. The van der Waals surface area contributed by atoms with Crippen molar-refractivity contribution in [3.8, 4) is 23.6 Å². The first kappa shape index (κ1) is 34.0. The summed E-state index contributed by atoms with van der Waals surface area (Å²) in [6.45, 7) is 6.09. The van der Waals surface area contributed by atoms with Gasteiger partial charge in [-0.2, -0.15) is 10.5 Å². The number of hydrogen-bond acceptors (Lipinski definition) is 6. The zero-order valence-electron chi connectivity index (χ0n) is 27.9. The molecule has 7 nitrogen and oxygen atoms in total. The molecule has 0 radical (unpaired) electrons. The Morgan fingerprint density at radius 1 is 0.729 bits per heavy atom. The van der Waals surface area contributed by atoms with Crippen molar-refractivity contribution in [1.82, 2.24) is 4.31 Å². The second kappa shape index (κ2) is 14.6. The average Bonchev–Trinajstić information content (AvgIpc) is 3.11. The number of sulfonamides is 1. The van der Waals surface area contributed by atoms with Gasteiger partial charge >= 0.3 is 0 Å². The zero-order chi connectivity index (χ0) is 34.4. The molecule has 0 amide bonds. The Balaban J connectivity index is 1.92. The van der Waals surface area contributed by atoms with Gasteiger partial charge < -0.3 is 9.47 Å². The van der Waals surface area contributed by atoms with Gasteiger partial charge in [0, 0.05) is 11.1 Å². The molecule has 0 N–H and O–H groups in total. The minimum absolute atomic E-state index is 0.0422. The van der Waals surface area contributed by atoms with Crippen LogP contribution in [0.25, 0.3) is 11.3 Å². The third-order valence-corrected chi connectivity index (χ3v) is 10.3. The lowest BCUT2D eigenvalue weighted by molar-refractivity contribution is 0.354. The first-order valence-electron chi connectivity index (χ1n) is 16.0. The molecule has 0 spiro atoms. The molecule has 0 fully saturated rings. The highest BCUT2D eigenvalue weighted by atomic mass is 32.2. The fourth-order valence-corrected chi connectivity index (χ4v) is 7.84. The molecular weight excluding hydrogens is 619 g/mol. The topological polar surface area (TPSA) is 103 Å². The van der Waals surface area contributed by atoms with Crippen molar-refractivity contribution < 1.29 is 17.9 Å². The molecule has 1 aliphatic heterocycles. The first-order chi connectivity index (χ1) is 23.2. The molecule has 1 unspecified atom stereocenters. The van der Waals surface area contributed by atoms with E-state index in [9.17, 15) is 18.9 Å². The Kier molecular flexibility index (Phi) is 10.4. The summed E-state index contributed by atoms with van der Waals surface area (Å²) in [6, 6.07) is 30.8. The van der Waals surface area contributed by atoms with Gasteiger partial charge in [-0.25, -0.2) is 8.42 Å². The molecule has 1 atom stereocenters. The second-order valence-corrected chi connectivity index (χ2v) is 13.6. The van der Waals surface area contributed by atoms with E-state index in [4.69, 9.17) is 9.47 Å². The number of methoxy groups -OCH3 is 2. The molecule has 8 heteroatoms. The van der Waals surface area contributed by atoms with E-state index in [-0.39, 0.29) is 21.7 Å². The average molecular weight is 658 g/mol. The Hall–Kier alpha value is -5.31. The van der Waals surface area contributed by atoms with Crippen LogP contribution in [0.1, 0.15) is 66.1 Å². The van der Waals surface area contributed by atoms with E-state index in [0.29, 0.717) is 33.8 Å². The minimum atomic E-state index is -4.37. The Labute approximate surface area is 284 Å². The lowest BCUT2D eigenvalue weighted by Crippen LogP contribution is -2.38. The van der Waals surface area contributed by atoms with E-state index in [0.717, 1.165) is 42.4 Å². The molecule has 1 heterocycles. The molecule has 0 aromatic heterocycles. The van der Waals surface area contributed by atoms with E-state index < -0.39 is 16.1 Å². The van der Waals surface area contributed by atoms with Gasteiger partial charge in [-0.1, -0.05) is 92.9 Å². The number of nitriles is 2. The lowest BCUT2D eigenvalue weighted by atomic mass is 9.82. The van der Waals surface area contributed by atoms with Gasteiger partial charge in [0.1, 0.15) is 12.1 Å². The molecule has 1 aliphatic rings. The van der Waals surface area contributed by atoms with Gasteiger partial charge in [-0.15, -0.1) is 0 Å². The number of allylic oxidation sites excluding steroid dienone is 2. The summed E-state index contributed by atoms with van der Waals surface area (Å²) in [7, 11) is -1.35. The molecule has 0 saturated heterocycles. The van der Waals surface area contributed by atoms with Crippen LogP contribution in [-0.2, 0) is 22.9 Å². The van der Waals surface area contributed by atoms with E-state index in [1.807, 2.05) is 55.5 Å². The van der Waals surface area contributed by atoms with Crippen molar-refractivity contribution in [1.29, 1.82) is 10.5 Å². The highest BCUT2D eigenvalue weighted by Gasteiger charge is 2.44. The Bertz CT molecular complexity index is 2050. The lowest BCUT2D eigenvalue weighted by Gasteiger charge is -2.39. The maximum atomic E-state index is 15.0. The maximum absolute atomic E-state index is 15.0. The maximum Gasteiger partial charge on any atom is 0.265 e. The van der Waals surface area contributed by atoms with Gasteiger partial charge in [0.25, 0.3) is 10.0 Å². The van der Waals surface area contributed by atoms with Crippen LogP contribution < -0.4 is 9.47 Å². The van der Waals surface area contributed by atoms with E-state index in [1.54, 1.807) is 42.5 Å². The molecule has 0 saturated carbocycles. The van der Waals surface area contributed by atoms with Gasteiger partial charge in [0.05, 0.1) is 42.0 Å². The van der Waals surface area contributed by atoms with Crippen molar-refractivity contribution in [2.75, 3.05) is 14.2 Å². The van der Waals surface area contributed by atoms with Crippen molar-refractivity contribution in [2.45, 2.75) is 57.4 Å². The van der Waals surface area contributed by atoms with E-state index in [1.165, 1.54) is 18.5 Å². The zero-order valence-corrected chi connectivity index (χ0v) is 28.8. The monoisotopic (exact) mass is 657 g/mol. The van der Waals surface area contributed by atoms with Gasteiger partial charge in [-0.05, 0) is 72.4 Å². The number of hydrogen-bond donors (Lipinski definition) is 0. The van der Waals surface area contributed by atoms with Gasteiger partial charge in [-0.3, -0.25) is 4.31 Å². The van der Waals surface area contributed by atoms with Crippen LogP contribution >= 0.6 is 0 Å². The van der Waals surface area contributed by atoms with Crippen LogP contribution in [0.15, 0.2) is 107 Å². The van der Waals surface area contributed by atoms with Gasteiger partial charge in [0.15, 0.2) is 11.5 Å². The molecule has 48 heavy (non-hydrogen) atoms. The molecule has 4 aromatic carbocycles. The van der Waals surface area contributed by atoms with Crippen molar-refractivity contribution in [3.05, 3.63) is 136 Å². The fraction of sp³-hybridized carbons (Fsp3) is 0.250. The molecule has 4 aromatic rings. The number of ether oxygens (including phenoxy) is 2.